The molecule has 3 rings (SSSR count). The van der Waals surface area contributed by atoms with Gasteiger partial charge in [0.25, 0.3) is 0 Å². The first kappa shape index (κ1) is 13.9. The van der Waals surface area contributed by atoms with Crippen molar-refractivity contribution in [1.82, 2.24) is 5.32 Å². The van der Waals surface area contributed by atoms with E-state index >= 15 is 0 Å². The summed E-state index contributed by atoms with van der Waals surface area (Å²) in [6, 6.07) is 9.14. The fraction of sp³-hybridized carbons (Fsp3) is 0.647. The van der Waals surface area contributed by atoms with Gasteiger partial charge in [-0.25, -0.2) is 0 Å². The van der Waals surface area contributed by atoms with Crippen molar-refractivity contribution in [2.45, 2.75) is 50.7 Å². The second kappa shape index (κ2) is 7.09. The van der Waals surface area contributed by atoms with Gasteiger partial charge in [0.05, 0.1) is 13.2 Å². The van der Waals surface area contributed by atoms with Gasteiger partial charge in [-0.05, 0) is 37.4 Å². The maximum Gasteiger partial charge on any atom is 0.122 e. The molecule has 2 aliphatic rings. The van der Waals surface area contributed by atoms with E-state index in [0.29, 0.717) is 12.1 Å². The van der Waals surface area contributed by atoms with Gasteiger partial charge in [0, 0.05) is 18.9 Å². The van der Waals surface area contributed by atoms with E-state index in [1.165, 1.54) is 24.8 Å². The van der Waals surface area contributed by atoms with Gasteiger partial charge in [0.15, 0.2) is 0 Å². The van der Waals surface area contributed by atoms with Gasteiger partial charge < -0.3 is 14.8 Å². The first-order valence-corrected chi connectivity index (χ1v) is 7.97. The molecule has 110 valence electrons. The van der Waals surface area contributed by atoms with Crippen LogP contribution in [0.25, 0.3) is 0 Å². The Hall–Kier alpha value is -1.06. The van der Waals surface area contributed by atoms with Crippen molar-refractivity contribution >= 4 is 0 Å². The van der Waals surface area contributed by atoms with Gasteiger partial charge in [-0.3, -0.25) is 0 Å². The average molecular weight is 275 g/mol. The maximum absolute atomic E-state index is 6.22. The smallest absolute Gasteiger partial charge is 0.122 e. The van der Waals surface area contributed by atoms with Crippen LogP contribution in [-0.4, -0.2) is 31.9 Å². The Morgan fingerprint density at radius 3 is 2.75 bits per heavy atom. The zero-order chi connectivity index (χ0) is 13.6. The topological polar surface area (TPSA) is 30.5 Å². The lowest BCUT2D eigenvalue weighted by Gasteiger charge is -2.27. The van der Waals surface area contributed by atoms with E-state index in [1.54, 1.807) is 0 Å². The van der Waals surface area contributed by atoms with Crippen molar-refractivity contribution in [2.75, 3.05) is 19.8 Å². The lowest BCUT2D eigenvalue weighted by Crippen LogP contribution is -2.35. The average Bonchev–Trinajstić information content (AvgIpc) is 2.51. The Bertz CT molecular complexity index is 370. The van der Waals surface area contributed by atoms with E-state index in [0.717, 1.165) is 44.8 Å². The van der Waals surface area contributed by atoms with E-state index in [2.05, 4.69) is 29.6 Å². The first-order valence-electron chi connectivity index (χ1n) is 7.97. The van der Waals surface area contributed by atoms with Crippen molar-refractivity contribution < 1.29 is 9.47 Å². The number of nitrogens with one attached hydrogen (secondary N) is 1. The molecular formula is C17H25NO2. The van der Waals surface area contributed by atoms with Crippen LogP contribution in [0.2, 0.25) is 0 Å². The molecule has 1 N–H and O–H groups in total. The molecule has 1 atom stereocenters. The second-order valence-electron chi connectivity index (χ2n) is 5.89. The second-order valence-corrected chi connectivity index (χ2v) is 5.89. The number of benzene rings is 1. The van der Waals surface area contributed by atoms with Gasteiger partial charge in [-0.2, -0.15) is 0 Å². The summed E-state index contributed by atoms with van der Waals surface area (Å²) in [6.45, 7) is 2.82. The van der Waals surface area contributed by atoms with Gasteiger partial charge in [-0.1, -0.05) is 24.6 Å². The van der Waals surface area contributed by atoms with Crippen molar-refractivity contribution in [1.29, 1.82) is 0 Å². The molecule has 3 nitrogen and oxygen atoms in total. The quantitative estimate of drug-likeness (QED) is 0.916. The Labute approximate surface area is 121 Å². The number of hydrogen-bond donors (Lipinski definition) is 1. The third kappa shape index (κ3) is 3.74. The number of hydrogen-bond acceptors (Lipinski definition) is 3. The van der Waals surface area contributed by atoms with E-state index in [9.17, 15) is 0 Å². The van der Waals surface area contributed by atoms with E-state index < -0.39 is 0 Å². The largest absolute Gasteiger partial charge is 0.490 e. The summed E-state index contributed by atoms with van der Waals surface area (Å²) in [5.74, 6) is 1.08. The molecule has 2 heterocycles. The SMILES string of the molecule is c1ccc(OC2CCOCC2)c(CC2CCCCN2)c1. The van der Waals surface area contributed by atoms with Gasteiger partial charge in [0.1, 0.15) is 11.9 Å². The Kier molecular flexibility index (Phi) is 4.93. The fourth-order valence-corrected chi connectivity index (χ4v) is 3.12. The summed E-state index contributed by atoms with van der Waals surface area (Å²) >= 11 is 0. The van der Waals surface area contributed by atoms with Gasteiger partial charge in [-0.15, -0.1) is 0 Å². The highest BCUT2D eigenvalue weighted by Crippen LogP contribution is 2.25. The number of para-hydroxylation sites is 1. The van der Waals surface area contributed by atoms with Crippen LogP contribution in [-0.2, 0) is 11.2 Å². The fourth-order valence-electron chi connectivity index (χ4n) is 3.12. The minimum Gasteiger partial charge on any atom is -0.490 e. The van der Waals surface area contributed by atoms with Crippen LogP contribution in [0.5, 0.6) is 5.75 Å². The molecule has 2 saturated heterocycles. The molecule has 0 amide bonds. The van der Waals surface area contributed by atoms with Gasteiger partial charge in [0.2, 0.25) is 0 Å². The van der Waals surface area contributed by atoms with E-state index in [1.807, 2.05) is 0 Å². The number of rotatable bonds is 4. The highest BCUT2D eigenvalue weighted by Gasteiger charge is 2.19. The van der Waals surface area contributed by atoms with Crippen LogP contribution in [0.4, 0.5) is 0 Å². The zero-order valence-electron chi connectivity index (χ0n) is 12.1. The molecular weight excluding hydrogens is 250 g/mol. The molecule has 0 aliphatic carbocycles. The van der Waals surface area contributed by atoms with Crippen molar-refractivity contribution in [3.63, 3.8) is 0 Å². The molecule has 3 heteroatoms. The van der Waals surface area contributed by atoms with Crippen LogP contribution >= 0.6 is 0 Å². The highest BCUT2D eigenvalue weighted by molar-refractivity contribution is 5.34. The Balaban J connectivity index is 1.63. The summed E-state index contributed by atoms with van der Waals surface area (Å²) in [7, 11) is 0. The van der Waals surface area contributed by atoms with Crippen LogP contribution in [0.3, 0.4) is 0 Å². The van der Waals surface area contributed by atoms with E-state index in [-0.39, 0.29) is 0 Å². The first-order chi connectivity index (χ1) is 9.92. The third-order valence-corrected chi connectivity index (χ3v) is 4.31. The molecule has 1 aromatic carbocycles. The maximum atomic E-state index is 6.22. The summed E-state index contributed by atoms with van der Waals surface area (Å²) in [5.41, 5.74) is 1.35. The molecule has 2 aliphatic heterocycles. The monoisotopic (exact) mass is 275 g/mol. The molecule has 20 heavy (non-hydrogen) atoms. The molecule has 0 bridgehead atoms. The van der Waals surface area contributed by atoms with Crippen molar-refractivity contribution in [3.8, 4) is 5.75 Å². The Morgan fingerprint density at radius 1 is 1.10 bits per heavy atom. The summed E-state index contributed by atoms with van der Waals surface area (Å²) < 4.78 is 11.6. The molecule has 2 fully saturated rings. The standard InChI is InChI=1S/C17H25NO2/c1-2-7-17(20-16-8-11-19-12-9-16)14(5-1)13-15-6-3-4-10-18-15/h1-2,5,7,15-16,18H,3-4,6,8-13H2. The molecule has 0 aromatic heterocycles. The summed E-state index contributed by atoms with van der Waals surface area (Å²) in [5, 5.41) is 3.62. The molecule has 0 spiro atoms. The normalized spacial score (nSPS) is 24.5. The van der Waals surface area contributed by atoms with Crippen molar-refractivity contribution in [3.05, 3.63) is 29.8 Å². The van der Waals surface area contributed by atoms with Crippen molar-refractivity contribution in [2.24, 2.45) is 0 Å². The lowest BCUT2D eigenvalue weighted by molar-refractivity contribution is 0.0251. The lowest BCUT2D eigenvalue weighted by atomic mass is 9.97. The number of ether oxygens (including phenoxy) is 2. The molecule has 1 aromatic rings. The minimum atomic E-state index is 0.323. The predicted molar refractivity (Wildman–Crippen MR) is 80.3 cm³/mol. The van der Waals surface area contributed by atoms with Crippen LogP contribution < -0.4 is 10.1 Å². The number of piperidine rings is 1. The third-order valence-electron chi connectivity index (χ3n) is 4.31. The van der Waals surface area contributed by atoms with E-state index in [4.69, 9.17) is 9.47 Å². The predicted octanol–water partition coefficient (Wildman–Crippen LogP) is 2.93. The van der Waals surface area contributed by atoms with Crippen LogP contribution in [0.15, 0.2) is 24.3 Å². The Morgan fingerprint density at radius 2 is 1.95 bits per heavy atom. The van der Waals surface area contributed by atoms with Gasteiger partial charge >= 0.3 is 0 Å². The summed E-state index contributed by atoms with van der Waals surface area (Å²) in [6.07, 6.45) is 7.37. The molecule has 1 unspecified atom stereocenters. The molecule has 0 saturated carbocycles. The molecule has 0 radical (unpaired) electrons. The zero-order valence-corrected chi connectivity index (χ0v) is 12.1. The van der Waals surface area contributed by atoms with Crippen LogP contribution in [0, 0.1) is 0 Å². The minimum absolute atomic E-state index is 0.323. The highest BCUT2D eigenvalue weighted by atomic mass is 16.5. The van der Waals surface area contributed by atoms with Crippen LogP contribution in [0.1, 0.15) is 37.7 Å². The summed E-state index contributed by atoms with van der Waals surface area (Å²) in [4.78, 5) is 0.